The van der Waals surface area contributed by atoms with Crippen molar-refractivity contribution in [2.45, 2.75) is 19.1 Å². The van der Waals surface area contributed by atoms with Gasteiger partial charge in [0.25, 0.3) is 5.91 Å². The molecule has 0 aliphatic rings. The molecule has 1 amide bonds. The number of halogens is 2. The van der Waals surface area contributed by atoms with E-state index in [1.807, 2.05) is 30.3 Å². The lowest BCUT2D eigenvalue weighted by atomic mass is 10.0. The lowest BCUT2D eigenvalue weighted by Gasteiger charge is -2.19. The third kappa shape index (κ3) is 5.90. The molecule has 0 aliphatic carbocycles. The first-order chi connectivity index (χ1) is 14.0. The van der Waals surface area contributed by atoms with Gasteiger partial charge in [-0.05, 0) is 35.4 Å². The second-order valence-electron chi connectivity index (χ2n) is 6.41. The zero-order chi connectivity index (χ0) is 20.6. The highest BCUT2D eigenvalue weighted by molar-refractivity contribution is 6.33. The molecular formula is C23H19ClFNO3. The van der Waals surface area contributed by atoms with Crippen molar-refractivity contribution in [2.75, 3.05) is 0 Å². The number of nitrogens with one attached hydrogen (secondary N) is 1. The van der Waals surface area contributed by atoms with Crippen LogP contribution in [0.2, 0.25) is 5.02 Å². The van der Waals surface area contributed by atoms with Gasteiger partial charge in [-0.1, -0.05) is 66.2 Å². The highest BCUT2D eigenvalue weighted by atomic mass is 35.5. The maximum atomic E-state index is 13.0. The van der Waals surface area contributed by atoms with Crippen LogP contribution in [0.25, 0.3) is 0 Å². The predicted molar refractivity (Wildman–Crippen MR) is 109 cm³/mol. The number of carbonyl (C=O) groups excluding carboxylic acids is 2. The van der Waals surface area contributed by atoms with Crippen LogP contribution < -0.4 is 5.32 Å². The van der Waals surface area contributed by atoms with Crippen LogP contribution >= 0.6 is 11.6 Å². The highest BCUT2D eigenvalue weighted by Gasteiger charge is 2.21. The summed E-state index contributed by atoms with van der Waals surface area (Å²) in [5.41, 5.74) is 1.78. The van der Waals surface area contributed by atoms with Gasteiger partial charge in [0.1, 0.15) is 12.4 Å². The van der Waals surface area contributed by atoms with E-state index in [0.717, 1.165) is 5.56 Å². The van der Waals surface area contributed by atoms with Crippen LogP contribution in [0.5, 0.6) is 0 Å². The van der Waals surface area contributed by atoms with Crippen LogP contribution in [0.15, 0.2) is 78.9 Å². The maximum Gasteiger partial charge on any atom is 0.308 e. The molecule has 0 aromatic heterocycles. The minimum atomic E-state index is -0.583. The molecule has 1 N–H and O–H groups in total. The summed E-state index contributed by atoms with van der Waals surface area (Å²) in [6.45, 7) is 0.0269. The average Bonchev–Trinajstić information content (AvgIpc) is 2.74. The molecule has 29 heavy (non-hydrogen) atoms. The van der Waals surface area contributed by atoms with Crippen molar-refractivity contribution in [3.8, 4) is 0 Å². The number of ether oxygens (including phenoxy) is 1. The van der Waals surface area contributed by atoms with E-state index in [1.54, 1.807) is 36.4 Å². The Balaban J connectivity index is 1.69. The van der Waals surface area contributed by atoms with Gasteiger partial charge in [0.2, 0.25) is 0 Å². The summed E-state index contributed by atoms with van der Waals surface area (Å²) >= 11 is 6.10. The SMILES string of the molecule is O=C(C[C@@H](NC(=O)c1ccccc1Cl)c1ccccc1)OCc1ccc(F)cc1. The Labute approximate surface area is 173 Å². The number of amides is 1. The minimum absolute atomic E-state index is 0.0269. The van der Waals surface area contributed by atoms with E-state index in [2.05, 4.69) is 5.32 Å². The quantitative estimate of drug-likeness (QED) is 0.551. The Morgan fingerprint density at radius 1 is 0.931 bits per heavy atom. The molecule has 148 valence electrons. The van der Waals surface area contributed by atoms with E-state index in [9.17, 15) is 14.0 Å². The van der Waals surface area contributed by atoms with E-state index in [0.29, 0.717) is 16.1 Å². The molecule has 3 aromatic carbocycles. The van der Waals surface area contributed by atoms with Crippen molar-refractivity contribution >= 4 is 23.5 Å². The van der Waals surface area contributed by atoms with Gasteiger partial charge in [0, 0.05) is 0 Å². The monoisotopic (exact) mass is 411 g/mol. The summed E-state index contributed by atoms with van der Waals surface area (Å²) in [4.78, 5) is 25.0. The standard InChI is InChI=1S/C23H19ClFNO3/c24-20-9-5-4-8-19(20)23(28)26-21(17-6-2-1-3-7-17)14-22(27)29-15-16-10-12-18(25)13-11-16/h1-13,21H,14-15H2,(H,26,28)/t21-/m1/s1. The molecule has 0 unspecified atom stereocenters. The summed E-state index contributed by atoms with van der Waals surface area (Å²) in [7, 11) is 0. The zero-order valence-electron chi connectivity index (χ0n) is 15.5. The fourth-order valence-electron chi connectivity index (χ4n) is 2.79. The fraction of sp³-hybridized carbons (Fsp3) is 0.130. The van der Waals surface area contributed by atoms with Crippen molar-refractivity contribution in [1.82, 2.24) is 5.32 Å². The first-order valence-electron chi connectivity index (χ1n) is 9.03. The van der Waals surface area contributed by atoms with Gasteiger partial charge in [-0.15, -0.1) is 0 Å². The molecule has 3 aromatic rings. The molecule has 4 nitrogen and oxygen atoms in total. The third-order valence-corrected chi connectivity index (χ3v) is 4.64. The van der Waals surface area contributed by atoms with E-state index >= 15 is 0 Å². The Morgan fingerprint density at radius 2 is 1.59 bits per heavy atom. The summed E-state index contributed by atoms with van der Waals surface area (Å²) < 4.78 is 18.3. The molecule has 0 radical (unpaired) electrons. The van der Waals surface area contributed by atoms with Gasteiger partial charge in [0.05, 0.1) is 23.0 Å². The zero-order valence-corrected chi connectivity index (χ0v) is 16.2. The lowest BCUT2D eigenvalue weighted by Crippen LogP contribution is -2.30. The van der Waals surface area contributed by atoms with Gasteiger partial charge in [-0.25, -0.2) is 4.39 Å². The first-order valence-corrected chi connectivity index (χ1v) is 9.41. The van der Waals surface area contributed by atoms with Crippen LogP contribution in [0.4, 0.5) is 4.39 Å². The van der Waals surface area contributed by atoms with Crippen molar-refractivity contribution in [3.05, 3.63) is 106 Å². The van der Waals surface area contributed by atoms with Crippen LogP contribution in [0.3, 0.4) is 0 Å². The maximum absolute atomic E-state index is 13.0. The number of hydrogen-bond acceptors (Lipinski definition) is 3. The highest BCUT2D eigenvalue weighted by Crippen LogP contribution is 2.21. The molecule has 6 heteroatoms. The van der Waals surface area contributed by atoms with Crippen LogP contribution in [0, 0.1) is 5.82 Å². The average molecular weight is 412 g/mol. The molecule has 0 aliphatic heterocycles. The van der Waals surface area contributed by atoms with Gasteiger partial charge in [0.15, 0.2) is 0 Å². The van der Waals surface area contributed by atoms with Crippen molar-refractivity contribution in [2.24, 2.45) is 0 Å². The molecule has 1 atom stereocenters. The second kappa shape index (κ2) is 9.85. The number of carbonyl (C=O) groups is 2. The molecule has 0 heterocycles. The van der Waals surface area contributed by atoms with Gasteiger partial charge < -0.3 is 10.1 Å². The smallest absolute Gasteiger partial charge is 0.308 e. The van der Waals surface area contributed by atoms with E-state index in [1.165, 1.54) is 12.1 Å². The summed E-state index contributed by atoms with van der Waals surface area (Å²) in [5.74, 6) is -1.22. The predicted octanol–water partition coefficient (Wildman–Crippen LogP) is 5.08. The first kappa shape index (κ1) is 20.6. The number of hydrogen-bond donors (Lipinski definition) is 1. The Kier molecular flexibility index (Phi) is 6.98. The summed E-state index contributed by atoms with van der Waals surface area (Å²) in [5, 5.41) is 3.18. The molecule has 0 saturated heterocycles. The molecule has 0 bridgehead atoms. The second-order valence-corrected chi connectivity index (χ2v) is 6.82. The minimum Gasteiger partial charge on any atom is -0.461 e. The Hall–Kier alpha value is -3.18. The molecule has 0 saturated carbocycles. The summed E-state index contributed by atoms with van der Waals surface area (Å²) in [6, 6.07) is 21.0. The Bertz CT molecular complexity index is 977. The largest absolute Gasteiger partial charge is 0.461 e. The number of rotatable bonds is 7. The fourth-order valence-corrected chi connectivity index (χ4v) is 3.01. The lowest BCUT2D eigenvalue weighted by molar-refractivity contribution is -0.145. The normalized spacial score (nSPS) is 11.5. The number of esters is 1. The molecule has 0 spiro atoms. The van der Waals surface area contributed by atoms with Crippen LogP contribution in [-0.2, 0) is 16.1 Å². The van der Waals surface area contributed by atoms with Gasteiger partial charge in [-0.3, -0.25) is 9.59 Å². The van der Waals surface area contributed by atoms with Gasteiger partial charge in [-0.2, -0.15) is 0 Å². The Morgan fingerprint density at radius 3 is 2.28 bits per heavy atom. The van der Waals surface area contributed by atoms with E-state index < -0.39 is 12.0 Å². The van der Waals surface area contributed by atoms with E-state index in [-0.39, 0.29) is 24.8 Å². The molecular weight excluding hydrogens is 393 g/mol. The van der Waals surface area contributed by atoms with Crippen molar-refractivity contribution < 1.29 is 18.7 Å². The summed E-state index contributed by atoms with van der Waals surface area (Å²) in [6.07, 6.45) is -0.0542. The molecule has 0 fully saturated rings. The van der Waals surface area contributed by atoms with Crippen LogP contribution in [0.1, 0.15) is 33.9 Å². The van der Waals surface area contributed by atoms with Crippen molar-refractivity contribution in [1.29, 1.82) is 0 Å². The number of benzene rings is 3. The molecule has 3 rings (SSSR count). The van der Waals surface area contributed by atoms with Gasteiger partial charge >= 0.3 is 5.97 Å². The van der Waals surface area contributed by atoms with Crippen molar-refractivity contribution in [3.63, 3.8) is 0 Å². The van der Waals surface area contributed by atoms with Crippen LogP contribution in [-0.4, -0.2) is 11.9 Å². The van der Waals surface area contributed by atoms with E-state index in [4.69, 9.17) is 16.3 Å². The topological polar surface area (TPSA) is 55.4 Å². The third-order valence-electron chi connectivity index (χ3n) is 4.31.